The van der Waals surface area contributed by atoms with Crippen LogP contribution in [0.5, 0.6) is 0 Å². The van der Waals surface area contributed by atoms with Crippen LogP contribution in [-0.4, -0.2) is 27.4 Å². The van der Waals surface area contributed by atoms with Crippen molar-refractivity contribution in [2.45, 2.75) is 17.7 Å². The molecule has 94 valence electrons. The second-order valence-electron chi connectivity index (χ2n) is 4.41. The van der Waals surface area contributed by atoms with E-state index in [1.165, 1.54) is 6.07 Å². The Kier molecular flexibility index (Phi) is 3.69. The number of benzene rings is 1. The van der Waals surface area contributed by atoms with Crippen molar-refractivity contribution in [2.75, 3.05) is 24.7 Å². The Labute approximate surface area is 102 Å². The van der Waals surface area contributed by atoms with Gasteiger partial charge in [-0.25, -0.2) is 8.42 Å². The highest BCUT2D eigenvalue weighted by atomic mass is 32.2. The van der Waals surface area contributed by atoms with Crippen molar-refractivity contribution in [1.82, 2.24) is 0 Å². The molecule has 1 heterocycles. The number of nitrogen functional groups attached to an aromatic ring is 1. The molecule has 4 nitrogen and oxygen atoms in total. The number of hydrogen-bond donors (Lipinski definition) is 1. The lowest BCUT2D eigenvalue weighted by Gasteiger charge is -2.21. The lowest BCUT2D eigenvalue weighted by atomic mass is 10.0. The van der Waals surface area contributed by atoms with E-state index in [2.05, 4.69) is 0 Å². The molecule has 2 N–H and O–H groups in total. The highest BCUT2D eigenvalue weighted by Gasteiger charge is 2.23. The minimum atomic E-state index is -3.22. The molecule has 2 rings (SSSR count). The van der Waals surface area contributed by atoms with Gasteiger partial charge in [-0.05, 0) is 37.0 Å². The zero-order chi connectivity index (χ0) is 12.3. The highest BCUT2D eigenvalue weighted by Crippen LogP contribution is 2.22. The van der Waals surface area contributed by atoms with E-state index < -0.39 is 9.84 Å². The van der Waals surface area contributed by atoms with Gasteiger partial charge >= 0.3 is 0 Å². The molecule has 1 aliphatic rings. The first-order valence-corrected chi connectivity index (χ1v) is 7.39. The number of nitrogens with two attached hydrogens (primary N) is 1. The molecule has 5 heteroatoms. The van der Waals surface area contributed by atoms with E-state index in [1.807, 2.05) is 0 Å². The second-order valence-corrected chi connectivity index (χ2v) is 6.44. The number of rotatable bonds is 3. The first-order chi connectivity index (χ1) is 8.08. The zero-order valence-corrected chi connectivity index (χ0v) is 10.4. The van der Waals surface area contributed by atoms with Crippen molar-refractivity contribution in [3.63, 3.8) is 0 Å². The monoisotopic (exact) mass is 255 g/mol. The standard InChI is InChI=1S/C12H17NO3S/c13-11-2-1-3-12(8-11)17(14,15)9-10-4-6-16-7-5-10/h1-3,8,10H,4-7,9,13H2. The Morgan fingerprint density at radius 3 is 2.65 bits per heavy atom. The second kappa shape index (κ2) is 5.06. The predicted octanol–water partition coefficient (Wildman–Crippen LogP) is 1.47. The molecule has 1 aromatic rings. The largest absolute Gasteiger partial charge is 0.399 e. The smallest absolute Gasteiger partial charge is 0.178 e. The van der Waals surface area contributed by atoms with Crippen molar-refractivity contribution in [3.8, 4) is 0 Å². The highest BCUT2D eigenvalue weighted by molar-refractivity contribution is 7.91. The fourth-order valence-electron chi connectivity index (χ4n) is 2.03. The molecule has 1 aliphatic heterocycles. The zero-order valence-electron chi connectivity index (χ0n) is 9.63. The Morgan fingerprint density at radius 1 is 1.29 bits per heavy atom. The molecule has 0 atom stereocenters. The van der Waals surface area contributed by atoms with Crippen LogP contribution in [-0.2, 0) is 14.6 Å². The van der Waals surface area contributed by atoms with E-state index in [-0.39, 0.29) is 11.7 Å². The maximum Gasteiger partial charge on any atom is 0.178 e. The molecule has 1 fully saturated rings. The van der Waals surface area contributed by atoms with Crippen molar-refractivity contribution in [1.29, 1.82) is 0 Å². The molecule has 1 aromatic carbocycles. The van der Waals surface area contributed by atoms with Crippen LogP contribution in [0.1, 0.15) is 12.8 Å². The van der Waals surface area contributed by atoms with Crippen LogP contribution in [0, 0.1) is 5.92 Å². The molecule has 0 saturated carbocycles. The maximum atomic E-state index is 12.2. The van der Waals surface area contributed by atoms with Gasteiger partial charge in [0.05, 0.1) is 10.6 Å². The summed E-state index contributed by atoms with van der Waals surface area (Å²) in [5, 5.41) is 0. The Hall–Kier alpha value is -1.07. The first-order valence-electron chi connectivity index (χ1n) is 5.74. The van der Waals surface area contributed by atoms with E-state index in [4.69, 9.17) is 10.5 Å². The van der Waals surface area contributed by atoms with Gasteiger partial charge in [0.25, 0.3) is 0 Å². The van der Waals surface area contributed by atoms with Crippen molar-refractivity contribution in [2.24, 2.45) is 5.92 Å². The Bertz CT molecular complexity index is 478. The fourth-order valence-corrected chi connectivity index (χ4v) is 3.78. The summed E-state index contributed by atoms with van der Waals surface area (Å²) in [7, 11) is -3.22. The quantitative estimate of drug-likeness (QED) is 0.830. The van der Waals surface area contributed by atoms with Gasteiger partial charge in [-0.1, -0.05) is 6.07 Å². The van der Waals surface area contributed by atoms with Gasteiger partial charge in [-0.15, -0.1) is 0 Å². The van der Waals surface area contributed by atoms with Gasteiger partial charge in [0.15, 0.2) is 9.84 Å². The summed E-state index contributed by atoms with van der Waals surface area (Å²) in [5.41, 5.74) is 6.09. The minimum Gasteiger partial charge on any atom is -0.399 e. The molecule has 0 spiro atoms. The summed E-state index contributed by atoms with van der Waals surface area (Å²) in [6.45, 7) is 1.33. The summed E-state index contributed by atoms with van der Waals surface area (Å²) < 4.78 is 29.5. The van der Waals surface area contributed by atoms with Crippen molar-refractivity contribution in [3.05, 3.63) is 24.3 Å². The average Bonchev–Trinajstić information content (AvgIpc) is 2.30. The van der Waals surface area contributed by atoms with Crippen molar-refractivity contribution >= 4 is 15.5 Å². The third-order valence-corrected chi connectivity index (χ3v) is 4.90. The average molecular weight is 255 g/mol. The van der Waals surface area contributed by atoms with Crippen LogP contribution in [0.25, 0.3) is 0 Å². The van der Waals surface area contributed by atoms with Gasteiger partial charge in [0.2, 0.25) is 0 Å². The molecule has 0 aromatic heterocycles. The predicted molar refractivity (Wildman–Crippen MR) is 66.5 cm³/mol. The normalized spacial score (nSPS) is 18.1. The Balaban J connectivity index is 2.13. The molecule has 0 aliphatic carbocycles. The van der Waals surface area contributed by atoms with Gasteiger partial charge in [-0.2, -0.15) is 0 Å². The molecule has 0 amide bonds. The van der Waals surface area contributed by atoms with Crippen LogP contribution < -0.4 is 5.73 Å². The summed E-state index contributed by atoms with van der Waals surface area (Å²) in [6.07, 6.45) is 1.64. The van der Waals surface area contributed by atoms with E-state index in [9.17, 15) is 8.42 Å². The fraction of sp³-hybridized carbons (Fsp3) is 0.500. The van der Waals surface area contributed by atoms with Crippen LogP contribution in [0.2, 0.25) is 0 Å². The Morgan fingerprint density at radius 2 is 2.00 bits per heavy atom. The first kappa shape index (κ1) is 12.4. The third kappa shape index (κ3) is 3.20. The molecular formula is C12H17NO3S. The van der Waals surface area contributed by atoms with E-state index in [0.717, 1.165) is 12.8 Å². The van der Waals surface area contributed by atoms with Gasteiger partial charge in [0, 0.05) is 18.9 Å². The van der Waals surface area contributed by atoms with Gasteiger partial charge in [-0.3, -0.25) is 0 Å². The SMILES string of the molecule is Nc1cccc(S(=O)(=O)CC2CCOCC2)c1. The molecule has 17 heavy (non-hydrogen) atoms. The number of anilines is 1. The van der Waals surface area contributed by atoms with Crippen molar-refractivity contribution < 1.29 is 13.2 Å². The van der Waals surface area contributed by atoms with E-state index in [1.54, 1.807) is 18.2 Å². The topological polar surface area (TPSA) is 69.4 Å². The summed E-state index contributed by atoms with van der Waals surface area (Å²) in [4.78, 5) is 0.323. The summed E-state index contributed by atoms with van der Waals surface area (Å²) in [6, 6.07) is 6.49. The number of ether oxygens (including phenoxy) is 1. The van der Waals surface area contributed by atoms with Crippen LogP contribution in [0.3, 0.4) is 0 Å². The molecule has 0 bridgehead atoms. The van der Waals surface area contributed by atoms with Crippen LogP contribution in [0.4, 0.5) is 5.69 Å². The maximum absolute atomic E-state index is 12.2. The summed E-state index contributed by atoms with van der Waals surface area (Å²) >= 11 is 0. The number of sulfone groups is 1. The summed E-state index contributed by atoms with van der Waals surface area (Å²) in [5.74, 6) is 0.398. The number of hydrogen-bond acceptors (Lipinski definition) is 4. The molecule has 0 radical (unpaired) electrons. The van der Waals surface area contributed by atoms with Gasteiger partial charge in [0.1, 0.15) is 0 Å². The minimum absolute atomic E-state index is 0.194. The van der Waals surface area contributed by atoms with Crippen LogP contribution >= 0.6 is 0 Å². The van der Waals surface area contributed by atoms with Crippen LogP contribution in [0.15, 0.2) is 29.2 Å². The van der Waals surface area contributed by atoms with E-state index >= 15 is 0 Å². The van der Waals surface area contributed by atoms with E-state index in [0.29, 0.717) is 23.8 Å². The molecular weight excluding hydrogens is 238 g/mol. The lowest BCUT2D eigenvalue weighted by Crippen LogP contribution is -2.23. The lowest BCUT2D eigenvalue weighted by molar-refractivity contribution is 0.0723. The third-order valence-electron chi connectivity index (χ3n) is 3.01. The molecule has 0 unspecified atom stereocenters. The molecule has 1 saturated heterocycles. The van der Waals surface area contributed by atoms with Gasteiger partial charge < -0.3 is 10.5 Å².